The van der Waals surface area contributed by atoms with E-state index < -0.39 is 10.0 Å². The minimum Gasteiger partial charge on any atom is -0.325 e. The molecular weight excluding hydrogens is 348 g/mol. The standard InChI is InChI=1S/C20H24N2O3S/c1-16-10-11-18(21-20(23)15-17-8-4-2-5-9-17)19(14-16)26(24,25)22-12-6-3-7-13-22/h2,4-5,8-11,14H,3,6-7,12-13,15H2,1H3,(H,21,23). The monoisotopic (exact) mass is 372 g/mol. The second-order valence-corrected chi connectivity index (χ2v) is 8.58. The van der Waals surface area contributed by atoms with Crippen LogP contribution in [0.3, 0.4) is 0 Å². The number of carbonyl (C=O) groups is 1. The van der Waals surface area contributed by atoms with E-state index in [0.717, 1.165) is 30.4 Å². The van der Waals surface area contributed by atoms with E-state index in [1.165, 1.54) is 4.31 Å². The van der Waals surface area contributed by atoms with Crippen molar-refractivity contribution in [1.82, 2.24) is 4.31 Å². The smallest absolute Gasteiger partial charge is 0.245 e. The van der Waals surface area contributed by atoms with E-state index in [-0.39, 0.29) is 17.2 Å². The summed E-state index contributed by atoms with van der Waals surface area (Å²) in [5, 5.41) is 2.79. The fraction of sp³-hybridized carbons (Fsp3) is 0.350. The maximum atomic E-state index is 13.1. The molecule has 0 aliphatic carbocycles. The summed E-state index contributed by atoms with van der Waals surface area (Å²) >= 11 is 0. The van der Waals surface area contributed by atoms with Gasteiger partial charge in [0.2, 0.25) is 15.9 Å². The number of hydrogen-bond donors (Lipinski definition) is 1. The number of sulfonamides is 1. The van der Waals surface area contributed by atoms with Crippen LogP contribution in [-0.2, 0) is 21.2 Å². The van der Waals surface area contributed by atoms with Gasteiger partial charge in [0.1, 0.15) is 4.90 Å². The average molecular weight is 372 g/mol. The molecule has 2 aromatic rings. The van der Waals surface area contributed by atoms with Crippen LogP contribution >= 0.6 is 0 Å². The van der Waals surface area contributed by atoms with Crippen LogP contribution in [0.1, 0.15) is 30.4 Å². The highest BCUT2D eigenvalue weighted by Crippen LogP contribution is 2.28. The van der Waals surface area contributed by atoms with Crippen molar-refractivity contribution < 1.29 is 13.2 Å². The Bertz CT molecular complexity index is 873. The van der Waals surface area contributed by atoms with Crippen LogP contribution in [0.25, 0.3) is 0 Å². The lowest BCUT2D eigenvalue weighted by atomic mass is 10.1. The summed E-state index contributed by atoms with van der Waals surface area (Å²) in [6, 6.07) is 14.5. The van der Waals surface area contributed by atoms with Crippen molar-refractivity contribution >= 4 is 21.6 Å². The average Bonchev–Trinajstić information content (AvgIpc) is 2.64. The Morgan fingerprint density at radius 1 is 1.04 bits per heavy atom. The molecule has 6 heteroatoms. The highest BCUT2D eigenvalue weighted by molar-refractivity contribution is 7.89. The van der Waals surface area contributed by atoms with Gasteiger partial charge in [0.25, 0.3) is 0 Å². The lowest BCUT2D eigenvalue weighted by Gasteiger charge is -2.27. The summed E-state index contributed by atoms with van der Waals surface area (Å²) in [6.45, 7) is 2.92. The summed E-state index contributed by atoms with van der Waals surface area (Å²) in [4.78, 5) is 12.6. The Hall–Kier alpha value is -2.18. The van der Waals surface area contributed by atoms with Crippen LogP contribution in [0.15, 0.2) is 53.4 Å². The molecule has 1 N–H and O–H groups in total. The molecule has 1 fully saturated rings. The van der Waals surface area contributed by atoms with Gasteiger partial charge in [0, 0.05) is 13.1 Å². The third-order valence-electron chi connectivity index (χ3n) is 4.55. The Morgan fingerprint density at radius 2 is 1.73 bits per heavy atom. The largest absolute Gasteiger partial charge is 0.325 e. The van der Waals surface area contributed by atoms with Crippen molar-refractivity contribution in [3.63, 3.8) is 0 Å². The highest BCUT2D eigenvalue weighted by atomic mass is 32.2. The molecular formula is C20H24N2O3S. The molecule has 26 heavy (non-hydrogen) atoms. The Balaban J connectivity index is 1.85. The van der Waals surface area contributed by atoms with Crippen molar-refractivity contribution in [2.24, 2.45) is 0 Å². The van der Waals surface area contributed by atoms with E-state index in [1.54, 1.807) is 12.1 Å². The maximum absolute atomic E-state index is 13.1. The number of carbonyl (C=O) groups excluding carboxylic acids is 1. The minimum atomic E-state index is -3.62. The molecule has 0 spiro atoms. The Labute approximate surface area is 155 Å². The van der Waals surface area contributed by atoms with Gasteiger partial charge in [-0.25, -0.2) is 8.42 Å². The van der Waals surface area contributed by atoms with E-state index in [4.69, 9.17) is 0 Å². The van der Waals surface area contributed by atoms with E-state index in [1.807, 2.05) is 43.3 Å². The molecule has 0 bridgehead atoms. The van der Waals surface area contributed by atoms with Crippen LogP contribution < -0.4 is 5.32 Å². The lowest BCUT2D eigenvalue weighted by molar-refractivity contribution is -0.115. The number of hydrogen-bond acceptors (Lipinski definition) is 3. The van der Waals surface area contributed by atoms with Crippen LogP contribution in [0, 0.1) is 6.92 Å². The molecule has 2 aromatic carbocycles. The van der Waals surface area contributed by atoms with Crippen molar-refractivity contribution in [2.75, 3.05) is 18.4 Å². The van der Waals surface area contributed by atoms with E-state index in [2.05, 4.69) is 5.32 Å². The number of amides is 1. The van der Waals surface area contributed by atoms with Gasteiger partial charge in [0.15, 0.2) is 0 Å². The number of rotatable bonds is 5. The zero-order valence-electron chi connectivity index (χ0n) is 14.9. The first-order valence-electron chi connectivity index (χ1n) is 8.91. The van der Waals surface area contributed by atoms with Gasteiger partial charge in [-0.15, -0.1) is 0 Å². The van der Waals surface area contributed by atoms with Gasteiger partial charge in [-0.05, 0) is 43.0 Å². The number of nitrogens with one attached hydrogen (secondary N) is 1. The first-order chi connectivity index (χ1) is 12.5. The Morgan fingerprint density at radius 3 is 2.42 bits per heavy atom. The zero-order valence-corrected chi connectivity index (χ0v) is 15.8. The second-order valence-electron chi connectivity index (χ2n) is 6.67. The predicted molar refractivity (Wildman–Crippen MR) is 103 cm³/mol. The summed E-state index contributed by atoms with van der Waals surface area (Å²) in [6.07, 6.45) is 3.01. The van der Waals surface area contributed by atoms with Gasteiger partial charge in [-0.3, -0.25) is 4.79 Å². The predicted octanol–water partition coefficient (Wildman–Crippen LogP) is 3.35. The van der Waals surface area contributed by atoms with Gasteiger partial charge < -0.3 is 5.32 Å². The molecule has 0 aromatic heterocycles. The fourth-order valence-electron chi connectivity index (χ4n) is 3.17. The fourth-order valence-corrected chi connectivity index (χ4v) is 4.92. The van der Waals surface area contributed by atoms with Crippen LogP contribution in [0.5, 0.6) is 0 Å². The molecule has 0 radical (unpaired) electrons. The molecule has 138 valence electrons. The summed E-state index contributed by atoms with van der Waals surface area (Å²) in [7, 11) is -3.62. The van der Waals surface area contributed by atoms with Crippen molar-refractivity contribution in [3.8, 4) is 0 Å². The molecule has 1 heterocycles. The molecule has 1 aliphatic rings. The third kappa shape index (κ3) is 4.31. The van der Waals surface area contributed by atoms with E-state index in [0.29, 0.717) is 18.8 Å². The zero-order chi connectivity index (χ0) is 18.6. The summed E-state index contributed by atoms with van der Waals surface area (Å²) < 4.78 is 27.7. The summed E-state index contributed by atoms with van der Waals surface area (Å²) in [5.74, 6) is -0.227. The topological polar surface area (TPSA) is 66.5 Å². The molecule has 5 nitrogen and oxygen atoms in total. The van der Waals surface area contributed by atoms with Gasteiger partial charge in [-0.1, -0.05) is 42.8 Å². The van der Waals surface area contributed by atoms with Gasteiger partial charge >= 0.3 is 0 Å². The first kappa shape index (κ1) is 18.6. The normalized spacial score (nSPS) is 15.6. The second kappa shape index (κ2) is 8.01. The SMILES string of the molecule is Cc1ccc(NC(=O)Cc2ccccc2)c(S(=O)(=O)N2CCCCC2)c1. The maximum Gasteiger partial charge on any atom is 0.245 e. The van der Waals surface area contributed by atoms with E-state index >= 15 is 0 Å². The van der Waals surface area contributed by atoms with Crippen molar-refractivity contribution in [3.05, 3.63) is 59.7 Å². The van der Waals surface area contributed by atoms with Crippen molar-refractivity contribution in [2.45, 2.75) is 37.5 Å². The molecule has 0 unspecified atom stereocenters. The van der Waals surface area contributed by atoms with Crippen molar-refractivity contribution in [1.29, 1.82) is 0 Å². The highest BCUT2D eigenvalue weighted by Gasteiger charge is 2.28. The quantitative estimate of drug-likeness (QED) is 0.875. The first-order valence-corrected chi connectivity index (χ1v) is 10.4. The molecule has 0 atom stereocenters. The lowest BCUT2D eigenvalue weighted by Crippen LogP contribution is -2.36. The molecule has 3 rings (SSSR count). The number of nitrogens with zero attached hydrogens (tertiary/aromatic N) is 1. The minimum absolute atomic E-state index is 0.181. The number of aryl methyl sites for hydroxylation is 1. The van der Waals surface area contributed by atoms with Gasteiger partial charge in [-0.2, -0.15) is 4.31 Å². The number of piperidine rings is 1. The number of anilines is 1. The van der Waals surface area contributed by atoms with Crippen LogP contribution in [-0.4, -0.2) is 31.7 Å². The molecule has 1 saturated heterocycles. The third-order valence-corrected chi connectivity index (χ3v) is 6.49. The molecule has 0 saturated carbocycles. The van der Waals surface area contributed by atoms with Crippen LogP contribution in [0.2, 0.25) is 0 Å². The molecule has 1 amide bonds. The molecule has 1 aliphatic heterocycles. The van der Waals surface area contributed by atoms with E-state index in [9.17, 15) is 13.2 Å². The number of benzene rings is 2. The Kier molecular flexibility index (Phi) is 5.74. The summed E-state index contributed by atoms with van der Waals surface area (Å²) in [5.41, 5.74) is 2.08. The van der Waals surface area contributed by atoms with Gasteiger partial charge in [0.05, 0.1) is 12.1 Å². The van der Waals surface area contributed by atoms with Crippen LogP contribution in [0.4, 0.5) is 5.69 Å².